The first-order chi connectivity index (χ1) is 13.2. The monoisotopic (exact) mass is 373 g/mol. The fourth-order valence-corrected chi connectivity index (χ4v) is 4.98. The molecule has 2 saturated heterocycles. The number of piperidine rings is 1. The Morgan fingerprint density at radius 3 is 2.59 bits per heavy atom. The zero-order valence-corrected chi connectivity index (χ0v) is 16.0. The number of rotatable bonds is 4. The molecule has 3 fully saturated rings. The Balaban J connectivity index is 1.36. The third kappa shape index (κ3) is 4.18. The van der Waals surface area contributed by atoms with Crippen molar-refractivity contribution in [3.63, 3.8) is 0 Å². The highest BCUT2D eigenvalue weighted by atomic mass is 16.2. The standard InChI is InChI=1S/C20H31N5O2/c26-19-18(12-16-13-21-14-23-16)25(11-8-22-19)20(27)15-6-9-24(10-7-15)17-4-2-1-3-5-17/h13-15,17-18H,1-12H2,(H,21,23)(H,22,26). The van der Waals surface area contributed by atoms with Crippen LogP contribution in [0.2, 0.25) is 0 Å². The van der Waals surface area contributed by atoms with E-state index in [0.29, 0.717) is 19.5 Å². The van der Waals surface area contributed by atoms with Crippen LogP contribution in [0, 0.1) is 5.92 Å². The Morgan fingerprint density at radius 1 is 1.11 bits per heavy atom. The van der Waals surface area contributed by atoms with Gasteiger partial charge in [0, 0.05) is 43.4 Å². The molecule has 148 valence electrons. The molecule has 3 aliphatic rings. The number of H-pyrrole nitrogens is 1. The van der Waals surface area contributed by atoms with Crippen molar-refractivity contribution in [3.05, 3.63) is 18.2 Å². The summed E-state index contributed by atoms with van der Waals surface area (Å²) in [6.07, 6.45) is 12.4. The van der Waals surface area contributed by atoms with Gasteiger partial charge in [0.1, 0.15) is 6.04 Å². The molecule has 2 N–H and O–H groups in total. The molecule has 27 heavy (non-hydrogen) atoms. The Bertz CT molecular complexity index is 633. The third-order valence-corrected chi connectivity index (χ3v) is 6.55. The minimum Gasteiger partial charge on any atom is -0.353 e. The van der Waals surface area contributed by atoms with Crippen molar-refractivity contribution in [3.8, 4) is 0 Å². The molecule has 4 rings (SSSR count). The zero-order chi connectivity index (χ0) is 18.6. The highest BCUT2D eigenvalue weighted by molar-refractivity contribution is 5.89. The predicted octanol–water partition coefficient (Wildman–Crippen LogP) is 1.32. The summed E-state index contributed by atoms with van der Waals surface area (Å²) in [6.45, 7) is 3.19. The molecule has 0 spiro atoms. The summed E-state index contributed by atoms with van der Waals surface area (Å²) in [4.78, 5) is 37.2. The van der Waals surface area contributed by atoms with Gasteiger partial charge >= 0.3 is 0 Å². The lowest BCUT2D eigenvalue weighted by Crippen LogP contribution is -2.59. The van der Waals surface area contributed by atoms with Crippen molar-refractivity contribution in [2.75, 3.05) is 26.2 Å². The summed E-state index contributed by atoms with van der Waals surface area (Å²) in [6, 6.07) is 0.298. The van der Waals surface area contributed by atoms with Crippen LogP contribution in [0.3, 0.4) is 0 Å². The van der Waals surface area contributed by atoms with Crippen molar-refractivity contribution < 1.29 is 9.59 Å². The number of nitrogens with zero attached hydrogens (tertiary/aromatic N) is 3. The minimum atomic E-state index is -0.428. The summed E-state index contributed by atoms with van der Waals surface area (Å²) in [5.74, 6) is 0.168. The number of aromatic amines is 1. The van der Waals surface area contributed by atoms with Crippen LogP contribution in [0.4, 0.5) is 0 Å². The fraction of sp³-hybridized carbons (Fsp3) is 0.750. The van der Waals surface area contributed by atoms with Gasteiger partial charge in [-0.25, -0.2) is 4.98 Å². The topological polar surface area (TPSA) is 81.3 Å². The van der Waals surface area contributed by atoms with Crippen LogP contribution in [0.1, 0.15) is 50.6 Å². The number of nitrogens with one attached hydrogen (secondary N) is 2. The number of piperazine rings is 1. The fourth-order valence-electron chi connectivity index (χ4n) is 4.98. The van der Waals surface area contributed by atoms with Crippen LogP contribution >= 0.6 is 0 Å². The van der Waals surface area contributed by atoms with Gasteiger partial charge in [0.15, 0.2) is 0 Å². The molecule has 0 aromatic carbocycles. The Morgan fingerprint density at radius 2 is 1.89 bits per heavy atom. The van der Waals surface area contributed by atoms with Gasteiger partial charge in [0.05, 0.1) is 6.33 Å². The molecule has 0 bridgehead atoms. The van der Waals surface area contributed by atoms with Gasteiger partial charge in [-0.15, -0.1) is 0 Å². The van der Waals surface area contributed by atoms with E-state index in [2.05, 4.69) is 20.2 Å². The highest BCUT2D eigenvalue weighted by Gasteiger charge is 2.38. The van der Waals surface area contributed by atoms with E-state index >= 15 is 0 Å². The van der Waals surface area contributed by atoms with E-state index < -0.39 is 6.04 Å². The number of aromatic nitrogens is 2. The van der Waals surface area contributed by atoms with Crippen molar-refractivity contribution in [1.82, 2.24) is 25.1 Å². The molecular weight excluding hydrogens is 342 g/mol. The smallest absolute Gasteiger partial charge is 0.243 e. The van der Waals surface area contributed by atoms with Gasteiger partial charge in [-0.1, -0.05) is 19.3 Å². The van der Waals surface area contributed by atoms with Gasteiger partial charge in [0.2, 0.25) is 11.8 Å². The molecule has 0 radical (unpaired) electrons. The summed E-state index contributed by atoms with van der Waals surface area (Å²) in [5.41, 5.74) is 0.891. The van der Waals surface area contributed by atoms with E-state index in [4.69, 9.17) is 0 Å². The molecule has 2 amide bonds. The number of amides is 2. The van der Waals surface area contributed by atoms with Crippen molar-refractivity contribution in [2.45, 2.75) is 63.5 Å². The molecule has 1 atom stereocenters. The molecular formula is C20H31N5O2. The Labute approximate surface area is 160 Å². The molecule has 1 aliphatic carbocycles. The number of hydrogen-bond donors (Lipinski definition) is 2. The average molecular weight is 374 g/mol. The van der Waals surface area contributed by atoms with E-state index in [1.54, 1.807) is 12.5 Å². The molecule has 1 unspecified atom stereocenters. The largest absolute Gasteiger partial charge is 0.353 e. The maximum atomic E-state index is 13.2. The molecule has 7 heteroatoms. The van der Waals surface area contributed by atoms with E-state index in [0.717, 1.165) is 37.7 Å². The van der Waals surface area contributed by atoms with E-state index in [1.165, 1.54) is 32.1 Å². The first kappa shape index (κ1) is 18.5. The lowest BCUT2D eigenvalue weighted by atomic mass is 9.89. The second-order valence-electron chi connectivity index (χ2n) is 8.22. The van der Waals surface area contributed by atoms with Crippen LogP contribution in [0.5, 0.6) is 0 Å². The second kappa shape index (κ2) is 8.42. The highest BCUT2D eigenvalue weighted by Crippen LogP contribution is 2.28. The second-order valence-corrected chi connectivity index (χ2v) is 8.22. The SMILES string of the molecule is O=C1NCCN(C(=O)C2CCN(C3CCCCC3)CC2)C1Cc1cnc[nH]1. The maximum absolute atomic E-state index is 13.2. The maximum Gasteiger partial charge on any atom is 0.243 e. The molecule has 1 aromatic heterocycles. The average Bonchev–Trinajstić information content (AvgIpc) is 3.23. The molecule has 3 heterocycles. The third-order valence-electron chi connectivity index (χ3n) is 6.55. The van der Waals surface area contributed by atoms with Gasteiger partial charge in [-0.05, 0) is 38.8 Å². The number of carbonyl (C=O) groups is 2. The first-order valence-corrected chi connectivity index (χ1v) is 10.5. The number of carbonyl (C=O) groups excluding carboxylic acids is 2. The van der Waals surface area contributed by atoms with Crippen molar-refractivity contribution in [1.29, 1.82) is 0 Å². The summed E-state index contributed by atoms with van der Waals surface area (Å²) in [7, 11) is 0. The van der Waals surface area contributed by atoms with Gasteiger partial charge in [-0.3, -0.25) is 9.59 Å². The molecule has 1 saturated carbocycles. The van der Waals surface area contributed by atoms with Crippen LogP contribution in [0.25, 0.3) is 0 Å². The lowest BCUT2D eigenvalue weighted by molar-refractivity contribution is -0.147. The Kier molecular flexibility index (Phi) is 5.76. The number of imidazole rings is 1. The van der Waals surface area contributed by atoms with E-state index in [-0.39, 0.29) is 17.7 Å². The minimum absolute atomic E-state index is 0.0520. The van der Waals surface area contributed by atoms with Gasteiger partial charge < -0.3 is 20.1 Å². The molecule has 7 nitrogen and oxygen atoms in total. The quantitative estimate of drug-likeness (QED) is 0.834. The van der Waals surface area contributed by atoms with Gasteiger partial charge in [0.25, 0.3) is 0 Å². The normalized spacial score (nSPS) is 26.1. The van der Waals surface area contributed by atoms with E-state index in [1.807, 2.05) is 4.90 Å². The number of likely N-dealkylation sites (tertiary alicyclic amines) is 1. The van der Waals surface area contributed by atoms with E-state index in [9.17, 15) is 9.59 Å². The first-order valence-electron chi connectivity index (χ1n) is 10.5. The molecule has 2 aliphatic heterocycles. The Hall–Kier alpha value is -1.89. The van der Waals surface area contributed by atoms with Crippen molar-refractivity contribution in [2.24, 2.45) is 5.92 Å². The number of hydrogen-bond acceptors (Lipinski definition) is 4. The van der Waals surface area contributed by atoms with Crippen LogP contribution in [-0.4, -0.2) is 69.8 Å². The predicted molar refractivity (Wildman–Crippen MR) is 102 cm³/mol. The van der Waals surface area contributed by atoms with Crippen LogP contribution in [0.15, 0.2) is 12.5 Å². The summed E-state index contributed by atoms with van der Waals surface area (Å²) >= 11 is 0. The van der Waals surface area contributed by atoms with Crippen LogP contribution in [-0.2, 0) is 16.0 Å². The lowest BCUT2D eigenvalue weighted by Gasteiger charge is -2.42. The van der Waals surface area contributed by atoms with Crippen molar-refractivity contribution >= 4 is 11.8 Å². The zero-order valence-electron chi connectivity index (χ0n) is 16.0. The summed E-state index contributed by atoms with van der Waals surface area (Å²) < 4.78 is 0. The van der Waals surface area contributed by atoms with Crippen LogP contribution < -0.4 is 5.32 Å². The summed E-state index contributed by atoms with van der Waals surface area (Å²) in [5, 5.41) is 2.91. The molecule has 1 aromatic rings. The van der Waals surface area contributed by atoms with Gasteiger partial charge in [-0.2, -0.15) is 0 Å².